The molecule has 0 aliphatic heterocycles. The van der Waals surface area contributed by atoms with Crippen LogP contribution in [-0.2, 0) is 14.8 Å². The van der Waals surface area contributed by atoms with Crippen LogP contribution in [0.1, 0.15) is 13.3 Å². The topological polar surface area (TPSA) is 84.7 Å². The summed E-state index contributed by atoms with van der Waals surface area (Å²) in [6.07, 6.45) is 0.876. The monoisotopic (exact) mass is 315 g/mol. The Morgan fingerprint density at radius 1 is 1.24 bits per heavy atom. The molecule has 3 N–H and O–H groups in total. The molecule has 0 atom stereocenters. The Kier molecular flexibility index (Phi) is 7.66. The lowest BCUT2D eigenvalue weighted by Crippen LogP contribution is -2.29. The fraction of sp³-hybridized carbons (Fsp3) is 0.571. The minimum Gasteiger partial charge on any atom is -0.383 e. The summed E-state index contributed by atoms with van der Waals surface area (Å²) in [5.74, 6) is 0. The van der Waals surface area contributed by atoms with Crippen LogP contribution in [0.2, 0.25) is 0 Å². The van der Waals surface area contributed by atoms with Crippen LogP contribution >= 0.6 is 0 Å². The standard InChI is InChI=1S/C14H25N3O3S/c1-3-16-21(18,19)14-7-5-13(6-8-14)17(10-4-9-15)11-12-20-2/h5-8,16H,3-4,9-12,15H2,1-2H3. The molecule has 1 rings (SSSR count). The van der Waals surface area contributed by atoms with Crippen LogP contribution in [0.3, 0.4) is 0 Å². The van der Waals surface area contributed by atoms with Gasteiger partial charge in [0.2, 0.25) is 10.0 Å². The maximum absolute atomic E-state index is 11.9. The van der Waals surface area contributed by atoms with E-state index in [-0.39, 0.29) is 4.90 Å². The van der Waals surface area contributed by atoms with Crippen molar-refractivity contribution in [2.75, 3.05) is 44.8 Å². The Morgan fingerprint density at radius 2 is 1.90 bits per heavy atom. The summed E-state index contributed by atoms with van der Waals surface area (Å²) in [6.45, 7) is 4.93. The number of nitrogens with two attached hydrogens (primary N) is 1. The van der Waals surface area contributed by atoms with Gasteiger partial charge in [0.15, 0.2) is 0 Å². The Balaban J connectivity index is 2.86. The molecule has 1 aromatic carbocycles. The average Bonchev–Trinajstić information content (AvgIpc) is 2.47. The highest BCUT2D eigenvalue weighted by Gasteiger charge is 2.13. The van der Waals surface area contributed by atoms with Crippen LogP contribution < -0.4 is 15.4 Å². The molecule has 120 valence electrons. The maximum atomic E-state index is 11.9. The van der Waals surface area contributed by atoms with Crippen molar-refractivity contribution in [3.63, 3.8) is 0 Å². The lowest BCUT2D eigenvalue weighted by Gasteiger charge is -2.24. The van der Waals surface area contributed by atoms with Crippen molar-refractivity contribution >= 4 is 15.7 Å². The molecule has 0 saturated carbocycles. The second-order valence-electron chi connectivity index (χ2n) is 4.62. The lowest BCUT2D eigenvalue weighted by atomic mass is 10.2. The van der Waals surface area contributed by atoms with Crippen LogP contribution in [0.25, 0.3) is 0 Å². The van der Waals surface area contributed by atoms with E-state index < -0.39 is 10.0 Å². The first kappa shape index (κ1) is 17.9. The lowest BCUT2D eigenvalue weighted by molar-refractivity contribution is 0.205. The molecule has 0 unspecified atom stereocenters. The zero-order valence-corrected chi connectivity index (χ0v) is 13.5. The van der Waals surface area contributed by atoms with Crippen LogP contribution in [0.5, 0.6) is 0 Å². The Hall–Kier alpha value is -1.15. The first-order valence-corrected chi connectivity index (χ1v) is 8.57. The second-order valence-corrected chi connectivity index (χ2v) is 6.38. The minimum atomic E-state index is -3.40. The number of nitrogens with zero attached hydrogens (tertiary/aromatic N) is 1. The number of hydrogen-bond acceptors (Lipinski definition) is 5. The molecular formula is C14H25N3O3S. The number of nitrogens with one attached hydrogen (secondary N) is 1. The van der Waals surface area contributed by atoms with Gasteiger partial charge in [0, 0.05) is 32.4 Å². The number of hydrogen-bond donors (Lipinski definition) is 2. The molecule has 1 aromatic rings. The summed E-state index contributed by atoms with van der Waals surface area (Å²) in [7, 11) is -1.74. The zero-order chi connectivity index (χ0) is 15.7. The van der Waals surface area contributed by atoms with Crippen LogP contribution in [0, 0.1) is 0 Å². The third-order valence-electron chi connectivity index (χ3n) is 3.04. The summed E-state index contributed by atoms with van der Waals surface area (Å²) < 4.78 is 31.4. The fourth-order valence-electron chi connectivity index (χ4n) is 1.96. The molecule has 0 radical (unpaired) electrons. The summed E-state index contributed by atoms with van der Waals surface area (Å²) in [4.78, 5) is 2.42. The van der Waals surface area contributed by atoms with Crippen molar-refractivity contribution in [3.8, 4) is 0 Å². The summed E-state index contributed by atoms with van der Waals surface area (Å²) in [5.41, 5.74) is 6.52. The SMILES string of the molecule is CCNS(=O)(=O)c1ccc(N(CCCN)CCOC)cc1. The summed E-state index contributed by atoms with van der Waals surface area (Å²) in [6, 6.07) is 6.87. The molecule has 21 heavy (non-hydrogen) atoms. The first-order chi connectivity index (χ1) is 10.0. The smallest absolute Gasteiger partial charge is 0.240 e. The molecule has 0 aliphatic carbocycles. The van der Waals surface area contributed by atoms with Gasteiger partial charge in [0.05, 0.1) is 11.5 Å². The van der Waals surface area contributed by atoms with E-state index in [1.807, 2.05) is 12.1 Å². The second kappa shape index (κ2) is 8.99. The van der Waals surface area contributed by atoms with Gasteiger partial charge in [0.1, 0.15) is 0 Å². The van der Waals surface area contributed by atoms with Crippen LogP contribution in [0.4, 0.5) is 5.69 Å². The van der Waals surface area contributed by atoms with Gasteiger partial charge in [-0.1, -0.05) is 6.92 Å². The average molecular weight is 315 g/mol. The highest BCUT2D eigenvalue weighted by molar-refractivity contribution is 7.89. The maximum Gasteiger partial charge on any atom is 0.240 e. The van der Waals surface area contributed by atoms with Gasteiger partial charge >= 0.3 is 0 Å². The van der Waals surface area contributed by atoms with Crippen molar-refractivity contribution in [1.29, 1.82) is 0 Å². The molecular weight excluding hydrogens is 290 g/mol. The van der Waals surface area contributed by atoms with Crippen molar-refractivity contribution < 1.29 is 13.2 Å². The third kappa shape index (κ3) is 5.62. The number of sulfonamides is 1. The van der Waals surface area contributed by atoms with Gasteiger partial charge in [0.25, 0.3) is 0 Å². The normalized spacial score (nSPS) is 11.6. The molecule has 0 bridgehead atoms. The van der Waals surface area contributed by atoms with Gasteiger partial charge in [-0.05, 0) is 37.2 Å². The van der Waals surface area contributed by atoms with Gasteiger partial charge < -0.3 is 15.4 Å². The number of benzene rings is 1. The highest BCUT2D eigenvalue weighted by Crippen LogP contribution is 2.18. The van der Waals surface area contributed by atoms with Gasteiger partial charge in [-0.3, -0.25) is 0 Å². The van der Waals surface area contributed by atoms with Crippen molar-refractivity contribution in [3.05, 3.63) is 24.3 Å². The van der Waals surface area contributed by atoms with E-state index in [1.165, 1.54) is 0 Å². The number of methoxy groups -OCH3 is 1. The van der Waals surface area contributed by atoms with E-state index in [0.717, 1.165) is 25.2 Å². The number of rotatable bonds is 10. The molecule has 0 aromatic heterocycles. The molecule has 7 heteroatoms. The zero-order valence-electron chi connectivity index (χ0n) is 12.7. The highest BCUT2D eigenvalue weighted by atomic mass is 32.2. The molecule has 0 aliphatic rings. The van der Waals surface area contributed by atoms with E-state index in [2.05, 4.69) is 9.62 Å². The predicted octanol–water partition coefficient (Wildman–Crippen LogP) is 0.786. The molecule has 0 spiro atoms. The Bertz CT molecular complexity index is 495. The van der Waals surface area contributed by atoms with Crippen molar-refractivity contribution in [1.82, 2.24) is 4.72 Å². The third-order valence-corrected chi connectivity index (χ3v) is 4.61. The minimum absolute atomic E-state index is 0.276. The summed E-state index contributed by atoms with van der Waals surface area (Å²) in [5, 5.41) is 0. The fourth-order valence-corrected chi connectivity index (χ4v) is 3.00. The van der Waals surface area contributed by atoms with Gasteiger partial charge in [-0.2, -0.15) is 0 Å². The quantitative estimate of drug-likeness (QED) is 0.667. The Morgan fingerprint density at radius 3 is 2.43 bits per heavy atom. The largest absolute Gasteiger partial charge is 0.383 e. The van der Waals surface area contributed by atoms with Crippen molar-refractivity contribution in [2.45, 2.75) is 18.2 Å². The van der Waals surface area contributed by atoms with Crippen molar-refractivity contribution in [2.24, 2.45) is 5.73 Å². The molecule has 0 amide bonds. The predicted molar refractivity (Wildman–Crippen MR) is 85.1 cm³/mol. The van der Waals surface area contributed by atoms with E-state index in [1.54, 1.807) is 26.2 Å². The van der Waals surface area contributed by atoms with E-state index >= 15 is 0 Å². The van der Waals surface area contributed by atoms with Gasteiger partial charge in [-0.15, -0.1) is 0 Å². The molecule has 0 saturated heterocycles. The first-order valence-electron chi connectivity index (χ1n) is 7.08. The van der Waals surface area contributed by atoms with Crippen LogP contribution in [0.15, 0.2) is 29.2 Å². The molecule has 6 nitrogen and oxygen atoms in total. The number of anilines is 1. The summed E-state index contributed by atoms with van der Waals surface area (Å²) >= 11 is 0. The molecule has 0 fully saturated rings. The van der Waals surface area contributed by atoms with E-state index in [4.69, 9.17) is 10.5 Å². The van der Waals surface area contributed by atoms with Crippen LogP contribution in [-0.4, -0.2) is 48.3 Å². The molecule has 0 heterocycles. The van der Waals surface area contributed by atoms with Gasteiger partial charge in [-0.25, -0.2) is 13.1 Å². The van der Waals surface area contributed by atoms with E-state index in [0.29, 0.717) is 19.7 Å². The van der Waals surface area contributed by atoms with E-state index in [9.17, 15) is 8.42 Å². The number of ether oxygens (including phenoxy) is 1. The Labute approximate surface area is 127 Å².